The van der Waals surface area contributed by atoms with E-state index in [9.17, 15) is 4.79 Å². The van der Waals surface area contributed by atoms with Gasteiger partial charge >= 0.3 is 6.03 Å². The fraction of sp³-hybridized carbons (Fsp3) is 0.412. The Morgan fingerprint density at radius 1 is 1.40 bits per heavy atom. The summed E-state index contributed by atoms with van der Waals surface area (Å²) in [6, 6.07) is 9.34. The van der Waals surface area contributed by atoms with Gasteiger partial charge in [0.05, 0.1) is 24.5 Å². The van der Waals surface area contributed by atoms with Crippen molar-refractivity contribution in [1.82, 2.24) is 24.6 Å². The maximum atomic E-state index is 12.2. The molecule has 0 radical (unpaired) electrons. The molecule has 0 atom stereocenters. The Kier molecular flexibility index (Phi) is 4.84. The van der Waals surface area contributed by atoms with Gasteiger partial charge in [-0.2, -0.15) is 10.4 Å². The Labute approximate surface area is 146 Å². The van der Waals surface area contributed by atoms with Crippen LogP contribution in [0.15, 0.2) is 24.3 Å². The predicted octanol–water partition coefficient (Wildman–Crippen LogP) is 1.65. The first-order valence-corrected chi connectivity index (χ1v) is 8.19. The molecule has 8 nitrogen and oxygen atoms in total. The lowest BCUT2D eigenvalue weighted by molar-refractivity contribution is 0.169. The van der Waals surface area contributed by atoms with E-state index in [1.54, 1.807) is 31.1 Å². The fourth-order valence-corrected chi connectivity index (χ4v) is 2.83. The van der Waals surface area contributed by atoms with E-state index in [-0.39, 0.29) is 6.03 Å². The quantitative estimate of drug-likeness (QED) is 0.918. The van der Waals surface area contributed by atoms with E-state index in [0.717, 1.165) is 30.9 Å². The van der Waals surface area contributed by atoms with Crippen LogP contribution in [0.4, 0.5) is 10.6 Å². The second-order valence-corrected chi connectivity index (χ2v) is 6.18. The summed E-state index contributed by atoms with van der Waals surface area (Å²) in [5.74, 6) is 0.645. The van der Waals surface area contributed by atoms with Crippen LogP contribution in [0.25, 0.3) is 0 Å². The molecule has 25 heavy (non-hydrogen) atoms. The van der Waals surface area contributed by atoms with Gasteiger partial charge in [0.25, 0.3) is 0 Å². The highest BCUT2D eigenvalue weighted by Crippen LogP contribution is 2.16. The van der Waals surface area contributed by atoms with Crippen molar-refractivity contribution in [3.8, 4) is 6.07 Å². The van der Waals surface area contributed by atoms with Crippen LogP contribution < -0.4 is 5.32 Å². The van der Waals surface area contributed by atoms with Gasteiger partial charge in [-0.1, -0.05) is 6.07 Å². The molecule has 0 saturated carbocycles. The fourth-order valence-electron chi connectivity index (χ4n) is 2.83. The summed E-state index contributed by atoms with van der Waals surface area (Å²) in [4.78, 5) is 19.8. The molecule has 0 spiro atoms. The van der Waals surface area contributed by atoms with E-state index >= 15 is 0 Å². The van der Waals surface area contributed by atoms with Crippen LogP contribution in [0.3, 0.4) is 0 Å². The zero-order valence-corrected chi connectivity index (χ0v) is 14.4. The maximum Gasteiger partial charge on any atom is 0.319 e. The van der Waals surface area contributed by atoms with Crippen LogP contribution in [0.5, 0.6) is 0 Å². The van der Waals surface area contributed by atoms with Crippen molar-refractivity contribution in [3.63, 3.8) is 0 Å². The van der Waals surface area contributed by atoms with Gasteiger partial charge in [0.2, 0.25) is 0 Å². The minimum atomic E-state index is 0.0202. The van der Waals surface area contributed by atoms with Gasteiger partial charge in [0, 0.05) is 27.2 Å². The second-order valence-electron chi connectivity index (χ2n) is 6.18. The molecule has 130 valence electrons. The first-order valence-electron chi connectivity index (χ1n) is 8.19. The molecule has 1 N–H and O–H groups in total. The topological polar surface area (TPSA) is 90.1 Å². The van der Waals surface area contributed by atoms with Crippen molar-refractivity contribution >= 4 is 11.8 Å². The lowest BCUT2D eigenvalue weighted by Gasteiger charge is -2.23. The summed E-state index contributed by atoms with van der Waals surface area (Å²) in [5.41, 5.74) is 2.30. The number of carbonyl (C=O) groups excluding carboxylic acids is 1. The Bertz CT molecular complexity index is 806. The van der Waals surface area contributed by atoms with E-state index in [1.165, 1.54) is 0 Å². The summed E-state index contributed by atoms with van der Waals surface area (Å²) in [6.07, 6.45) is 0.882. The Hall–Kier alpha value is -3.08. The summed E-state index contributed by atoms with van der Waals surface area (Å²) >= 11 is 0. The third-order valence-corrected chi connectivity index (χ3v) is 4.03. The molecule has 0 saturated heterocycles. The number of nitriles is 1. The van der Waals surface area contributed by atoms with Crippen LogP contribution in [0.2, 0.25) is 0 Å². The van der Waals surface area contributed by atoms with Crippen LogP contribution in [0, 0.1) is 11.3 Å². The molecule has 2 aromatic heterocycles. The average molecular weight is 339 g/mol. The zero-order chi connectivity index (χ0) is 17.8. The molecule has 3 rings (SSSR count). The number of aryl methyl sites for hydroxylation is 1. The van der Waals surface area contributed by atoms with Crippen molar-refractivity contribution in [2.75, 3.05) is 26.0 Å². The van der Waals surface area contributed by atoms with Crippen LogP contribution in [-0.4, -0.2) is 51.2 Å². The van der Waals surface area contributed by atoms with E-state index < -0.39 is 0 Å². The number of fused-ring (bicyclic) bond motifs is 1. The van der Waals surface area contributed by atoms with Crippen molar-refractivity contribution < 1.29 is 4.79 Å². The third kappa shape index (κ3) is 3.88. The number of anilines is 1. The molecule has 0 unspecified atom stereocenters. The lowest BCUT2D eigenvalue weighted by Crippen LogP contribution is -2.38. The molecule has 1 aliphatic rings. The summed E-state index contributed by atoms with van der Waals surface area (Å²) in [5, 5.41) is 16.7. The van der Waals surface area contributed by atoms with Gasteiger partial charge in [0.1, 0.15) is 17.6 Å². The Balaban J connectivity index is 1.69. The van der Waals surface area contributed by atoms with Gasteiger partial charge in [-0.25, -0.2) is 9.78 Å². The number of rotatable bonds is 3. The molecule has 2 amide bonds. The average Bonchev–Trinajstić information content (AvgIpc) is 2.89. The molecular weight excluding hydrogens is 318 g/mol. The van der Waals surface area contributed by atoms with E-state index in [0.29, 0.717) is 24.6 Å². The maximum absolute atomic E-state index is 12.2. The van der Waals surface area contributed by atoms with Gasteiger partial charge in [-0.3, -0.25) is 4.68 Å². The monoisotopic (exact) mass is 339 g/mol. The molecule has 0 aromatic carbocycles. The number of hydrogen-bond acceptors (Lipinski definition) is 5. The van der Waals surface area contributed by atoms with Gasteiger partial charge < -0.3 is 15.1 Å². The van der Waals surface area contributed by atoms with Gasteiger partial charge in [-0.05, 0) is 24.6 Å². The number of hydrogen-bond donors (Lipinski definition) is 1. The molecule has 0 fully saturated rings. The molecule has 3 heterocycles. The number of nitrogens with one attached hydrogen (secondary N) is 1. The Morgan fingerprint density at radius 2 is 2.24 bits per heavy atom. The number of carbonyl (C=O) groups is 1. The van der Waals surface area contributed by atoms with Crippen LogP contribution in [0.1, 0.15) is 23.5 Å². The summed E-state index contributed by atoms with van der Waals surface area (Å²) in [7, 11) is 3.53. The number of amides is 2. The minimum Gasteiger partial charge on any atom is -0.364 e. The van der Waals surface area contributed by atoms with Crippen molar-refractivity contribution in [3.05, 3.63) is 41.3 Å². The van der Waals surface area contributed by atoms with Crippen LogP contribution in [-0.2, 0) is 19.6 Å². The molecule has 2 aromatic rings. The van der Waals surface area contributed by atoms with Crippen molar-refractivity contribution in [2.45, 2.75) is 26.1 Å². The lowest BCUT2D eigenvalue weighted by atomic mass is 10.3. The molecule has 0 bridgehead atoms. The number of nitrogens with zero attached hydrogens (tertiary/aromatic N) is 6. The standard InChI is InChI=1S/C17H21N7O/c1-22(2)17(25)23-7-4-8-24-15(12-23)9-14(21-24)11-19-16-6-3-5-13(10-18)20-16/h3,5-6,9H,4,7-8,11-12H2,1-2H3,(H,19,20). The predicted molar refractivity (Wildman–Crippen MR) is 92.6 cm³/mol. The number of urea groups is 1. The highest BCUT2D eigenvalue weighted by molar-refractivity contribution is 5.73. The van der Waals surface area contributed by atoms with E-state index in [4.69, 9.17) is 5.26 Å². The zero-order valence-electron chi connectivity index (χ0n) is 14.4. The van der Waals surface area contributed by atoms with Crippen molar-refractivity contribution in [2.24, 2.45) is 0 Å². The normalized spacial score (nSPS) is 13.6. The van der Waals surface area contributed by atoms with Gasteiger partial charge in [-0.15, -0.1) is 0 Å². The SMILES string of the molecule is CN(C)C(=O)N1CCCn2nc(CNc3cccc(C#N)n3)cc2C1. The smallest absolute Gasteiger partial charge is 0.319 e. The molecule has 1 aliphatic heterocycles. The Morgan fingerprint density at radius 3 is 3.00 bits per heavy atom. The highest BCUT2D eigenvalue weighted by Gasteiger charge is 2.21. The van der Waals surface area contributed by atoms with E-state index in [1.807, 2.05) is 27.8 Å². The number of aromatic nitrogens is 3. The van der Waals surface area contributed by atoms with Crippen molar-refractivity contribution in [1.29, 1.82) is 5.26 Å². The van der Waals surface area contributed by atoms with Crippen LogP contribution >= 0.6 is 0 Å². The third-order valence-electron chi connectivity index (χ3n) is 4.03. The molecular formula is C17H21N7O. The van der Waals surface area contributed by atoms with E-state index in [2.05, 4.69) is 15.4 Å². The second kappa shape index (κ2) is 7.21. The minimum absolute atomic E-state index is 0.0202. The number of pyridine rings is 1. The summed E-state index contributed by atoms with van der Waals surface area (Å²) in [6.45, 7) is 2.61. The molecule has 8 heteroatoms. The molecule has 0 aliphatic carbocycles. The summed E-state index contributed by atoms with van der Waals surface area (Å²) < 4.78 is 1.97. The van der Waals surface area contributed by atoms with Gasteiger partial charge in [0.15, 0.2) is 0 Å². The largest absolute Gasteiger partial charge is 0.364 e. The first-order chi connectivity index (χ1) is 12.1. The highest BCUT2D eigenvalue weighted by atomic mass is 16.2. The first kappa shape index (κ1) is 16.8.